The topological polar surface area (TPSA) is 105 Å². The van der Waals surface area contributed by atoms with Crippen molar-refractivity contribution in [3.05, 3.63) is 92.3 Å². The average molecular weight is 376 g/mol. The van der Waals surface area contributed by atoms with Gasteiger partial charge in [-0.2, -0.15) is 0 Å². The van der Waals surface area contributed by atoms with Gasteiger partial charge in [-0.1, -0.05) is 0 Å². The van der Waals surface area contributed by atoms with E-state index in [2.05, 4.69) is 6.58 Å². The van der Waals surface area contributed by atoms with Gasteiger partial charge in [-0.05, 0) is 0 Å². The van der Waals surface area contributed by atoms with Crippen LogP contribution in [-0.2, 0) is 22.3 Å². The first kappa shape index (κ1) is 19.7. The molecule has 0 saturated carbocycles. The van der Waals surface area contributed by atoms with Gasteiger partial charge in [0.15, 0.2) is 0 Å². The van der Waals surface area contributed by atoms with Gasteiger partial charge in [-0.25, -0.2) is 0 Å². The molecule has 0 heterocycles. The second kappa shape index (κ2) is 8.67. The van der Waals surface area contributed by atoms with Crippen molar-refractivity contribution in [3.8, 4) is 0 Å². The maximum atomic E-state index is 11.1. The normalized spacial score (nSPS) is 11.7. The standard InChI is InChI=1S/C16H18BN2O6P/c1-2-26(17,24-11-13-7-3-5-9-15(13)18(20)21)25-12-14-8-4-6-10-16(14)19(22)23/h2-10,26H,1,11-12,17H2. The molecule has 0 unspecified atom stereocenters. The SMILES string of the molecule is B[PH](C=C)(OCc1ccccc1[N+](=O)[O-])OCc1ccccc1[N+](=O)[O-]. The van der Waals surface area contributed by atoms with E-state index in [0.717, 1.165) is 0 Å². The van der Waals surface area contributed by atoms with Gasteiger partial charge in [-0.15, -0.1) is 0 Å². The zero-order chi connectivity index (χ0) is 19.2. The molecule has 0 N–H and O–H groups in total. The van der Waals surface area contributed by atoms with Crippen molar-refractivity contribution in [1.82, 2.24) is 0 Å². The van der Waals surface area contributed by atoms with Crippen molar-refractivity contribution in [2.45, 2.75) is 13.2 Å². The fourth-order valence-electron chi connectivity index (χ4n) is 2.22. The van der Waals surface area contributed by atoms with Gasteiger partial charge in [0.1, 0.15) is 0 Å². The Morgan fingerprint density at radius 1 is 0.923 bits per heavy atom. The van der Waals surface area contributed by atoms with Gasteiger partial charge in [0.2, 0.25) is 0 Å². The van der Waals surface area contributed by atoms with Gasteiger partial charge in [0, 0.05) is 0 Å². The molecule has 0 atom stereocenters. The molecule has 0 amide bonds. The van der Waals surface area contributed by atoms with E-state index in [0.29, 0.717) is 11.1 Å². The first-order chi connectivity index (χ1) is 12.4. The van der Waals surface area contributed by atoms with Crippen LogP contribution in [0.1, 0.15) is 11.1 Å². The molecule has 0 spiro atoms. The van der Waals surface area contributed by atoms with Crippen LogP contribution in [0.25, 0.3) is 0 Å². The molecule has 0 saturated heterocycles. The summed E-state index contributed by atoms with van der Waals surface area (Å²) in [7, 11) is -1.16. The Balaban J connectivity index is 2.09. The van der Waals surface area contributed by atoms with Gasteiger partial charge in [0.05, 0.1) is 0 Å². The summed E-state index contributed by atoms with van der Waals surface area (Å²) in [4.78, 5) is 21.2. The molecule has 26 heavy (non-hydrogen) atoms. The Kier molecular flexibility index (Phi) is 6.57. The number of nitro groups is 2. The number of hydrogen-bond acceptors (Lipinski definition) is 6. The molecule has 0 aliphatic carbocycles. The molecule has 0 aromatic heterocycles. The number of benzene rings is 2. The molecule has 10 heteroatoms. The third kappa shape index (κ3) is 4.95. The van der Waals surface area contributed by atoms with Crippen LogP contribution in [0.4, 0.5) is 11.4 Å². The van der Waals surface area contributed by atoms with Crippen LogP contribution in [0, 0.1) is 20.2 Å². The molecule has 2 rings (SSSR count). The number of rotatable bonds is 9. The molecule has 0 aliphatic rings. The van der Waals surface area contributed by atoms with Crippen LogP contribution >= 0.6 is 7.59 Å². The van der Waals surface area contributed by atoms with Crippen molar-refractivity contribution in [2.24, 2.45) is 0 Å². The third-order valence-corrected chi connectivity index (χ3v) is 5.95. The second-order valence-electron chi connectivity index (χ2n) is 5.57. The Hall–Kier alpha value is -2.61. The Morgan fingerprint density at radius 2 is 1.31 bits per heavy atom. The summed E-state index contributed by atoms with van der Waals surface area (Å²) in [6.07, 6.45) is 0. The van der Waals surface area contributed by atoms with Gasteiger partial charge in [0.25, 0.3) is 0 Å². The maximum absolute atomic E-state index is 11.1. The summed E-state index contributed by atoms with van der Waals surface area (Å²) in [5, 5.41) is 22.1. The van der Waals surface area contributed by atoms with Gasteiger partial charge < -0.3 is 0 Å². The van der Waals surface area contributed by atoms with Crippen molar-refractivity contribution in [3.63, 3.8) is 0 Å². The number of para-hydroxylation sites is 2. The van der Waals surface area contributed by atoms with E-state index in [1.807, 2.05) is 0 Å². The fourth-order valence-corrected chi connectivity index (χ4v) is 3.43. The van der Waals surface area contributed by atoms with Crippen LogP contribution in [-0.4, -0.2) is 17.4 Å². The van der Waals surface area contributed by atoms with E-state index in [-0.39, 0.29) is 24.6 Å². The van der Waals surface area contributed by atoms with E-state index >= 15 is 0 Å². The van der Waals surface area contributed by atoms with Crippen molar-refractivity contribution in [2.75, 3.05) is 0 Å². The zero-order valence-corrected chi connectivity index (χ0v) is 15.2. The summed E-state index contributed by atoms with van der Waals surface area (Å²) < 4.78 is 11.6. The first-order valence-electron chi connectivity index (χ1n) is 7.72. The zero-order valence-electron chi connectivity index (χ0n) is 14.2. The van der Waals surface area contributed by atoms with Crippen LogP contribution in [0.15, 0.2) is 60.9 Å². The molecule has 0 radical (unpaired) electrons. The van der Waals surface area contributed by atoms with E-state index in [1.54, 1.807) is 44.0 Å². The second-order valence-corrected chi connectivity index (χ2v) is 8.59. The third-order valence-electron chi connectivity index (χ3n) is 3.78. The predicted octanol–water partition coefficient (Wildman–Crippen LogP) is 3.51. The molecule has 0 fully saturated rings. The minimum absolute atomic E-state index is 0.0111. The van der Waals surface area contributed by atoms with E-state index < -0.39 is 17.4 Å². The van der Waals surface area contributed by atoms with Crippen LogP contribution in [0.3, 0.4) is 0 Å². The summed E-state index contributed by atoms with van der Waals surface area (Å²) in [5.74, 6) is 1.54. The minimum atomic E-state index is -2.89. The molecule has 136 valence electrons. The van der Waals surface area contributed by atoms with Crippen LogP contribution in [0.2, 0.25) is 0 Å². The summed E-state index contributed by atoms with van der Waals surface area (Å²) >= 11 is 0. The van der Waals surface area contributed by atoms with Crippen molar-refractivity contribution in [1.29, 1.82) is 0 Å². The molecule has 2 aromatic carbocycles. The van der Waals surface area contributed by atoms with Crippen LogP contribution < -0.4 is 0 Å². The molecule has 0 bridgehead atoms. The number of hydrogen-bond donors (Lipinski definition) is 0. The summed E-state index contributed by atoms with van der Waals surface area (Å²) in [6, 6.07) is 12.6. The molecule has 0 aliphatic heterocycles. The van der Waals surface area contributed by atoms with E-state index in [9.17, 15) is 20.2 Å². The Bertz CT molecular complexity index is 770. The summed E-state index contributed by atoms with van der Waals surface area (Å²) in [5.41, 5.74) is 0.776. The van der Waals surface area contributed by atoms with E-state index in [4.69, 9.17) is 9.05 Å². The Morgan fingerprint density at radius 3 is 1.65 bits per heavy atom. The van der Waals surface area contributed by atoms with Crippen LogP contribution in [0.5, 0.6) is 0 Å². The van der Waals surface area contributed by atoms with Crippen molar-refractivity contribution < 1.29 is 18.9 Å². The predicted molar refractivity (Wildman–Crippen MR) is 103 cm³/mol. The van der Waals surface area contributed by atoms with Gasteiger partial charge >= 0.3 is 151 Å². The Labute approximate surface area is 151 Å². The quantitative estimate of drug-likeness (QED) is 0.287. The van der Waals surface area contributed by atoms with Gasteiger partial charge in [-0.3, -0.25) is 0 Å². The summed E-state index contributed by atoms with van der Waals surface area (Å²) in [6.45, 7) is 3.69. The van der Waals surface area contributed by atoms with E-state index in [1.165, 1.54) is 17.9 Å². The molecule has 2 aromatic rings. The number of nitrogens with zero attached hydrogens (tertiary/aromatic N) is 2. The first-order valence-corrected chi connectivity index (χ1v) is 10.1. The molecular formula is C16H18BN2O6P. The fraction of sp³-hybridized carbons (Fsp3) is 0.125. The van der Waals surface area contributed by atoms with Crippen molar-refractivity contribution >= 4 is 26.5 Å². The monoisotopic (exact) mass is 376 g/mol. The average Bonchev–Trinajstić information content (AvgIpc) is 2.65. The number of nitro benzene ring substituents is 2. The molecule has 8 nitrogen and oxygen atoms in total. The molecular weight excluding hydrogens is 358 g/mol.